The second-order valence-electron chi connectivity index (χ2n) is 7.18. The minimum absolute atomic E-state index is 0.133. The van der Waals surface area contributed by atoms with Crippen LogP contribution in [-0.2, 0) is 12.8 Å². The molecule has 8 heteroatoms. The van der Waals surface area contributed by atoms with Gasteiger partial charge in [-0.15, -0.1) is 11.6 Å². The van der Waals surface area contributed by atoms with Gasteiger partial charge < -0.3 is 29.2 Å². The minimum atomic E-state index is -0.183. The lowest BCUT2D eigenvalue weighted by atomic mass is 9.88. The molecule has 1 aliphatic heterocycles. The highest BCUT2D eigenvalue weighted by Crippen LogP contribution is 2.40. The first-order valence-corrected chi connectivity index (χ1v) is 10.7. The zero-order valence-corrected chi connectivity index (χ0v) is 19.1. The number of benzene rings is 2. The smallest absolute Gasteiger partial charge is 0.317 e. The third kappa shape index (κ3) is 4.93. The van der Waals surface area contributed by atoms with Crippen molar-refractivity contribution in [1.82, 2.24) is 10.2 Å². The number of nitrogens with one attached hydrogen (secondary N) is 1. The van der Waals surface area contributed by atoms with Gasteiger partial charge in [-0.1, -0.05) is 6.07 Å². The number of amides is 2. The molecule has 2 aromatic rings. The van der Waals surface area contributed by atoms with Crippen molar-refractivity contribution in [3.63, 3.8) is 0 Å². The van der Waals surface area contributed by atoms with E-state index in [9.17, 15) is 4.79 Å². The van der Waals surface area contributed by atoms with E-state index in [1.165, 1.54) is 0 Å². The van der Waals surface area contributed by atoms with Gasteiger partial charge in [0.1, 0.15) is 0 Å². The number of urea groups is 1. The molecule has 1 heterocycles. The quantitative estimate of drug-likeness (QED) is 0.622. The molecule has 0 spiro atoms. The predicted octanol–water partition coefficient (Wildman–Crippen LogP) is 3.81. The summed E-state index contributed by atoms with van der Waals surface area (Å²) in [6, 6.07) is 9.48. The summed E-state index contributed by atoms with van der Waals surface area (Å²) < 4.78 is 21.8. The van der Waals surface area contributed by atoms with Crippen molar-refractivity contribution >= 4 is 17.6 Å². The van der Waals surface area contributed by atoms with Crippen LogP contribution >= 0.6 is 11.6 Å². The van der Waals surface area contributed by atoms with Crippen LogP contribution in [0.15, 0.2) is 30.3 Å². The second-order valence-corrected chi connectivity index (χ2v) is 7.56. The fraction of sp³-hybridized carbons (Fsp3) is 0.435. The van der Waals surface area contributed by atoms with Gasteiger partial charge in [-0.3, -0.25) is 0 Å². The molecule has 3 rings (SSSR count). The Bertz CT molecular complexity index is 921. The third-order valence-electron chi connectivity index (χ3n) is 5.51. The number of ether oxygens (including phenoxy) is 4. The second kappa shape index (κ2) is 10.5. The molecule has 168 valence electrons. The maximum atomic E-state index is 12.9. The van der Waals surface area contributed by atoms with E-state index in [2.05, 4.69) is 5.32 Å². The van der Waals surface area contributed by atoms with E-state index in [0.29, 0.717) is 48.4 Å². The molecule has 0 radical (unpaired) electrons. The summed E-state index contributed by atoms with van der Waals surface area (Å²) >= 11 is 5.78. The first-order chi connectivity index (χ1) is 15.1. The molecule has 1 atom stereocenters. The Balaban J connectivity index is 2.02. The molecule has 0 fully saturated rings. The van der Waals surface area contributed by atoms with E-state index >= 15 is 0 Å². The van der Waals surface area contributed by atoms with Gasteiger partial charge in [0, 0.05) is 19.0 Å². The lowest BCUT2D eigenvalue weighted by Gasteiger charge is -2.38. The molecule has 1 N–H and O–H groups in total. The summed E-state index contributed by atoms with van der Waals surface area (Å²) in [4.78, 5) is 14.8. The van der Waals surface area contributed by atoms with Crippen LogP contribution in [-0.4, -0.2) is 58.3 Å². The molecule has 7 nitrogen and oxygen atoms in total. The van der Waals surface area contributed by atoms with Crippen molar-refractivity contribution < 1.29 is 23.7 Å². The Kier molecular flexibility index (Phi) is 7.74. The van der Waals surface area contributed by atoms with Crippen molar-refractivity contribution in [1.29, 1.82) is 0 Å². The predicted molar refractivity (Wildman–Crippen MR) is 120 cm³/mol. The highest BCUT2D eigenvalue weighted by Gasteiger charge is 2.32. The van der Waals surface area contributed by atoms with E-state index in [4.69, 9.17) is 30.5 Å². The van der Waals surface area contributed by atoms with Crippen LogP contribution in [0.1, 0.15) is 22.7 Å². The topological polar surface area (TPSA) is 69.3 Å². The minimum Gasteiger partial charge on any atom is -0.493 e. The van der Waals surface area contributed by atoms with Gasteiger partial charge in [-0.2, -0.15) is 0 Å². The summed E-state index contributed by atoms with van der Waals surface area (Å²) in [5, 5.41) is 2.89. The Labute approximate surface area is 188 Å². The summed E-state index contributed by atoms with van der Waals surface area (Å²) in [6.45, 7) is 1.01. The number of rotatable bonds is 8. The molecular weight excluding hydrogens is 420 g/mol. The van der Waals surface area contributed by atoms with Gasteiger partial charge in [0.2, 0.25) is 0 Å². The van der Waals surface area contributed by atoms with Crippen molar-refractivity contribution in [2.24, 2.45) is 0 Å². The Hall–Kier alpha value is -2.80. The SMILES string of the molecule is COc1ccc(CC2c3cc(OC)c(OC)cc3CCN2C(=O)NCCCl)cc1OC. The molecule has 0 aliphatic carbocycles. The summed E-state index contributed by atoms with van der Waals surface area (Å²) in [5.41, 5.74) is 3.21. The number of fused-ring (bicyclic) bond motifs is 1. The van der Waals surface area contributed by atoms with Crippen LogP contribution in [0.3, 0.4) is 0 Å². The number of halogens is 1. The number of hydrogen-bond donors (Lipinski definition) is 1. The van der Waals surface area contributed by atoms with Gasteiger partial charge in [0.15, 0.2) is 23.0 Å². The molecule has 1 unspecified atom stereocenters. The fourth-order valence-electron chi connectivity index (χ4n) is 3.98. The summed E-state index contributed by atoms with van der Waals surface area (Å²) in [7, 11) is 6.46. The van der Waals surface area contributed by atoms with Gasteiger partial charge in [0.05, 0.1) is 34.5 Å². The lowest BCUT2D eigenvalue weighted by Crippen LogP contribution is -2.46. The van der Waals surface area contributed by atoms with E-state index in [1.807, 2.05) is 35.2 Å². The maximum absolute atomic E-state index is 12.9. The van der Waals surface area contributed by atoms with Crippen LogP contribution < -0.4 is 24.3 Å². The van der Waals surface area contributed by atoms with Gasteiger partial charge in [0.25, 0.3) is 0 Å². The standard InChI is InChI=1S/C23H29ClN2O5/c1-28-19-6-5-15(12-20(19)29-2)11-18-17-14-22(31-4)21(30-3)13-16(17)7-10-26(18)23(27)25-9-8-24/h5-6,12-14,18H,7-11H2,1-4H3,(H,25,27). The number of carbonyl (C=O) groups excluding carboxylic acids is 1. The molecule has 31 heavy (non-hydrogen) atoms. The van der Waals surface area contributed by atoms with Crippen molar-refractivity contribution in [3.8, 4) is 23.0 Å². The average Bonchev–Trinajstić information content (AvgIpc) is 2.81. The molecule has 2 aromatic carbocycles. The first-order valence-electron chi connectivity index (χ1n) is 10.1. The third-order valence-corrected chi connectivity index (χ3v) is 5.70. The Morgan fingerprint density at radius 3 is 2.29 bits per heavy atom. The van der Waals surface area contributed by atoms with E-state index in [1.54, 1.807) is 28.4 Å². The number of methoxy groups -OCH3 is 4. The average molecular weight is 449 g/mol. The number of hydrogen-bond acceptors (Lipinski definition) is 5. The number of carbonyl (C=O) groups is 1. The Morgan fingerprint density at radius 2 is 1.65 bits per heavy atom. The molecular formula is C23H29ClN2O5. The molecule has 1 aliphatic rings. The van der Waals surface area contributed by atoms with Crippen LogP contribution in [0.25, 0.3) is 0 Å². The zero-order chi connectivity index (χ0) is 22.4. The number of nitrogens with zero attached hydrogens (tertiary/aromatic N) is 1. The molecule has 2 amide bonds. The van der Waals surface area contributed by atoms with Crippen LogP contribution in [0.5, 0.6) is 23.0 Å². The summed E-state index contributed by atoms with van der Waals surface area (Å²) in [6.07, 6.45) is 1.34. The van der Waals surface area contributed by atoms with Crippen LogP contribution in [0.2, 0.25) is 0 Å². The first kappa shape index (κ1) is 22.9. The highest BCUT2D eigenvalue weighted by atomic mass is 35.5. The van der Waals surface area contributed by atoms with Crippen molar-refractivity contribution in [3.05, 3.63) is 47.0 Å². The summed E-state index contributed by atoms with van der Waals surface area (Å²) in [5.74, 6) is 3.01. The molecule has 0 aromatic heterocycles. The van der Waals surface area contributed by atoms with Crippen molar-refractivity contribution in [2.75, 3.05) is 47.4 Å². The molecule has 0 saturated heterocycles. The van der Waals surface area contributed by atoms with Gasteiger partial charge in [-0.05, 0) is 53.8 Å². The zero-order valence-electron chi connectivity index (χ0n) is 18.4. The monoisotopic (exact) mass is 448 g/mol. The van der Waals surface area contributed by atoms with Crippen LogP contribution in [0, 0.1) is 0 Å². The van der Waals surface area contributed by atoms with Crippen molar-refractivity contribution in [2.45, 2.75) is 18.9 Å². The largest absolute Gasteiger partial charge is 0.493 e. The number of alkyl halides is 1. The molecule has 0 bridgehead atoms. The Morgan fingerprint density at radius 1 is 1.00 bits per heavy atom. The lowest BCUT2D eigenvalue weighted by molar-refractivity contribution is 0.169. The van der Waals surface area contributed by atoms with E-state index < -0.39 is 0 Å². The fourth-order valence-corrected chi connectivity index (χ4v) is 4.07. The van der Waals surface area contributed by atoms with Crippen LogP contribution in [0.4, 0.5) is 4.79 Å². The van der Waals surface area contributed by atoms with E-state index in [0.717, 1.165) is 23.1 Å². The van der Waals surface area contributed by atoms with Gasteiger partial charge in [-0.25, -0.2) is 4.79 Å². The van der Waals surface area contributed by atoms with Gasteiger partial charge >= 0.3 is 6.03 Å². The maximum Gasteiger partial charge on any atom is 0.317 e. The van der Waals surface area contributed by atoms with E-state index in [-0.39, 0.29) is 12.1 Å². The normalized spacial score (nSPS) is 15.1. The highest BCUT2D eigenvalue weighted by molar-refractivity contribution is 6.18. The molecule has 0 saturated carbocycles.